The molecule has 1 aromatic carbocycles. The number of aryl methyl sites for hydroxylation is 1. The van der Waals surface area contributed by atoms with Crippen molar-refractivity contribution in [3.05, 3.63) is 29.6 Å². The third-order valence-electron chi connectivity index (χ3n) is 2.42. The highest BCUT2D eigenvalue weighted by Gasteiger charge is 2.13. The smallest absolute Gasteiger partial charge is 0.260 e. The van der Waals surface area contributed by atoms with Gasteiger partial charge in [0, 0.05) is 5.69 Å². The maximum atomic E-state index is 5.93. The summed E-state index contributed by atoms with van der Waals surface area (Å²) in [6, 6.07) is 5.74. The van der Waals surface area contributed by atoms with Crippen LogP contribution in [0.1, 0.15) is 18.3 Å². The highest BCUT2D eigenvalue weighted by molar-refractivity contribution is 7.98. The Kier molecular flexibility index (Phi) is 3.68. The van der Waals surface area contributed by atoms with Crippen LogP contribution in [0.15, 0.2) is 22.7 Å². The summed E-state index contributed by atoms with van der Waals surface area (Å²) in [6.07, 6.45) is 0. The summed E-state index contributed by atoms with van der Waals surface area (Å²) < 4.78 is 5.25. The number of nitrogens with zero attached hydrogens (tertiary/aromatic N) is 2. The zero-order chi connectivity index (χ0) is 12.3. The van der Waals surface area contributed by atoms with Crippen LogP contribution < -0.4 is 5.73 Å². The lowest BCUT2D eigenvalue weighted by Gasteiger charge is -2.03. The summed E-state index contributed by atoms with van der Waals surface area (Å²) in [5, 5.41) is 3.95. The van der Waals surface area contributed by atoms with E-state index < -0.39 is 0 Å². The zero-order valence-electron chi connectivity index (χ0n) is 9.93. The molecule has 0 spiro atoms. The molecular weight excluding hydrogens is 234 g/mol. The third-order valence-corrected chi connectivity index (χ3v) is 3.29. The first-order valence-corrected chi connectivity index (χ1v) is 6.63. The summed E-state index contributed by atoms with van der Waals surface area (Å²) in [5.41, 5.74) is 8.48. The number of benzene rings is 1. The third kappa shape index (κ3) is 2.61. The Hall–Kier alpha value is -1.49. The second-order valence-electron chi connectivity index (χ2n) is 3.69. The average Bonchev–Trinajstić information content (AvgIpc) is 2.75. The Labute approximate surface area is 105 Å². The second-order valence-corrected chi connectivity index (χ2v) is 4.97. The van der Waals surface area contributed by atoms with Gasteiger partial charge in [0.2, 0.25) is 0 Å². The molecule has 0 aliphatic rings. The maximum Gasteiger partial charge on any atom is 0.260 e. The lowest BCUT2D eigenvalue weighted by molar-refractivity contribution is 0.425. The van der Waals surface area contributed by atoms with Crippen molar-refractivity contribution in [2.75, 3.05) is 11.5 Å². The molecule has 0 saturated carbocycles. The monoisotopic (exact) mass is 249 g/mol. The van der Waals surface area contributed by atoms with Gasteiger partial charge in [0.25, 0.3) is 5.89 Å². The van der Waals surface area contributed by atoms with Crippen LogP contribution in [0.4, 0.5) is 5.69 Å². The van der Waals surface area contributed by atoms with Crippen LogP contribution in [0.2, 0.25) is 0 Å². The van der Waals surface area contributed by atoms with E-state index in [9.17, 15) is 0 Å². The van der Waals surface area contributed by atoms with Gasteiger partial charge in [-0.1, -0.05) is 24.2 Å². The van der Waals surface area contributed by atoms with Crippen LogP contribution in [-0.2, 0) is 5.75 Å². The molecule has 5 heteroatoms. The van der Waals surface area contributed by atoms with Crippen molar-refractivity contribution in [1.82, 2.24) is 10.1 Å². The van der Waals surface area contributed by atoms with Gasteiger partial charge >= 0.3 is 0 Å². The molecule has 0 amide bonds. The molecule has 4 nitrogen and oxygen atoms in total. The van der Waals surface area contributed by atoms with E-state index in [0.29, 0.717) is 11.6 Å². The molecule has 1 heterocycles. The molecule has 0 radical (unpaired) electrons. The van der Waals surface area contributed by atoms with E-state index in [1.165, 1.54) is 0 Å². The first-order chi connectivity index (χ1) is 8.22. The predicted molar refractivity (Wildman–Crippen MR) is 70.7 cm³/mol. The molecular formula is C12H15N3OS. The largest absolute Gasteiger partial charge is 0.398 e. The molecule has 2 N–H and O–H groups in total. The molecule has 0 bridgehead atoms. The Morgan fingerprint density at radius 2 is 2.24 bits per heavy atom. The van der Waals surface area contributed by atoms with Crippen molar-refractivity contribution in [3.8, 4) is 11.5 Å². The number of anilines is 1. The van der Waals surface area contributed by atoms with Gasteiger partial charge in [0.15, 0.2) is 5.82 Å². The molecule has 0 atom stereocenters. The lowest BCUT2D eigenvalue weighted by Crippen LogP contribution is -1.93. The molecule has 1 aromatic heterocycles. The normalized spacial score (nSPS) is 10.7. The van der Waals surface area contributed by atoms with Gasteiger partial charge in [-0.25, -0.2) is 0 Å². The summed E-state index contributed by atoms with van der Waals surface area (Å²) in [7, 11) is 0. The van der Waals surface area contributed by atoms with Gasteiger partial charge < -0.3 is 10.3 Å². The molecule has 0 aliphatic heterocycles. The predicted octanol–water partition coefficient (Wildman–Crippen LogP) is 2.88. The Morgan fingerprint density at radius 1 is 1.41 bits per heavy atom. The number of nitrogens with two attached hydrogens (primary N) is 1. The molecule has 0 fully saturated rings. The van der Waals surface area contributed by atoms with Gasteiger partial charge in [0.1, 0.15) is 0 Å². The van der Waals surface area contributed by atoms with Crippen LogP contribution in [0, 0.1) is 6.92 Å². The van der Waals surface area contributed by atoms with Crippen LogP contribution >= 0.6 is 11.8 Å². The molecule has 0 saturated heterocycles. The fourth-order valence-electron chi connectivity index (χ4n) is 1.59. The van der Waals surface area contributed by atoms with Crippen molar-refractivity contribution >= 4 is 17.4 Å². The Morgan fingerprint density at radius 3 is 2.94 bits per heavy atom. The van der Waals surface area contributed by atoms with Crippen molar-refractivity contribution in [2.24, 2.45) is 0 Å². The molecule has 0 aliphatic carbocycles. The number of nitrogen functional groups attached to an aromatic ring is 1. The number of hydrogen-bond donors (Lipinski definition) is 1. The van der Waals surface area contributed by atoms with Crippen LogP contribution in [0.25, 0.3) is 11.5 Å². The number of rotatable bonds is 4. The first kappa shape index (κ1) is 12.0. The summed E-state index contributed by atoms with van der Waals surface area (Å²) >= 11 is 1.76. The van der Waals surface area contributed by atoms with Crippen molar-refractivity contribution < 1.29 is 4.52 Å². The van der Waals surface area contributed by atoms with Crippen LogP contribution in [-0.4, -0.2) is 15.9 Å². The van der Waals surface area contributed by atoms with Gasteiger partial charge in [-0.05, 0) is 24.3 Å². The molecule has 2 aromatic rings. The van der Waals surface area contributed by atoms with Gasteiger partial charge in [-0.3, -0.25) is 0 Å². The minimum absolute atomic E-state index is 0.507. The first-order valence-electron chi connectivity index (χ1n) is 5.48. The molecule has 0 unspecified atom stereocenters. The summed E-state index contributed by atoms with van der Waals surface area (Å²) in [6.45, 7) is 4.08. The topological polar surface area (TPSA) is 64.9 Å². The number of aromatic nitrogens is 2. The highest BCUT2D eigenvalue weighted by atomic mass is 32.2. The standard InChI is InChI=1S/C12H15N3OS/c1-3-17-7-10-14-12(16-15-10)11-8(2)5-4-6-9(11)13/h4-6H,3,7,13H2,1-2H3. The van der Waals surface area contributed by atoms with Gasteiger partial charge in [-0.2, -0.15) is 16.7 Å². The van der Waals surface area contributed by atoms with E-state index in [0.717, 1.165) is 28.5 Å². The van der Waals surface area contributed by atoms with Crippen LogP contribution in [0.3, 0.4) is 0 Å². The maximum absolute atomic E-state index is 5.93. The minimum atomic E-state index is 0.507. The van der Waals surface area contributed by atoms with Crippen molar-refractivity contribution in [2.45, 2.75) is 19.6 Å². The summed E-state index contributed by atoms with van der Waals surface area (Å²) in [4.78, 5) is 4.36. The van der Waals surface area contributed by atoms with Crippen LogP contribution in [0.5, 0.6) is 0 Å². The van der Waals surface area contributed by atoms with E-state index in [4.69, 9.17) is 10.3 Å². The van der Waals surface area contributed by atoms with E-state index in [1.54, 1.807) is 11.8 Å². The van der Waals surface area contributed by atoms with E-state index in [1.807, 2.05) is 25.1 Å². The Bertz CT molecular complexity index is 490. The zero-order valence-corrected chi connectivity index (χ0v) is 10.8. The SMILES string of the molecule is CCSCc1noc(-c2c(C)cccc2N)n1. The fraction of sp³-hybridized carbons (Fsp3) is 0.333. The van der Waals surface area contributed by atoms with Gasteiger partial charge in [0.05, 0.1) is 11.3 Å². The van der Waals surface area contributed by atoms with Crippen molar-refractivity contribution in [1.29, 1.82) is 0 Å². The average molecular weight is 249 g/mol. The van der Waals surface area contributed by atoms with E-state index in [-0.39, 0.29) is 0 Å². The Balaban J connectivity index is 2.30. The lowest BCUT2D eigenvalue weighted by atomic mass is 10.1. The highest BCUT2D eigenvalue weighted by Crippen LogP contribution is 2.28. The number of thioether (sulfide) groups is 1. The number of hydrogen-bond acceptors (Lipinski definition) is 5. The van der Waals surface area contributed by atoms with E-state index >= 15 is 0 Å². The minimum Gasteiger partial charge on any atom is -0.398 e. The van der Waals surface area contributed by atoms with Gasteiger partial charge in [-0.15, -0.1) is 0 Å². The molecule has 90 valence electrons. The van der Waals surface area contributed by atoms with Crippen molar-refractivity contribution in [3.63, 3.8) is 0 Å². The van der Waals surface area contributed by atoms with E-state index in [2.05, 4.69) is 17.1 Å². The molecule has 2 rings (SSSR count). The summed E-state index contributed by atoms with van der Waals surface area (Å²) in [5.74, 6) is 3.03. The fourth-order valence-corrected chi connectivity index (χ4v) is 2.09. The second kappa shape index (κ2) is 5.23. The molecule has 17 heavy (non-hydrogen) atoms. The quantitative estimate of drug-likeness (QED) is 0.844.